The fraction of sp³-hybridized carbons (Fsp3) is 0.533. The first-order chi connectivity index (χ1) is 10.0. The molecule has 2 rings (SSSR count). The molecule has 0 saturated heterocycles. The quantitative estimate of drug-likeness (QED) is 0.929. The Morgan fingerprint density at radius 2 is 1.71 bits per heavy atom. The van der Waals surface area contributed by atoms with Crippen molar-refractivity contribution in [2.45, 2.75) is 38.1 Å². The van der Waals surface area contributed by atoms with E-state index in [2.05, 4.69) is 0 Å². The highest BCUT2D eigenvalue weighted by Crippen LogP contribution is 2.25. The zero-order valence-electron chi connectivity index (χ0n) is 11.7. The lowest BCUT2D eigenvalue weighted by atomic mass is 9.93. The number of hydrogen-bond donors (Lipinski definition) is 1. The van der Waals surface area contributed by atoms with Crippen LogP contribution in [0.4, 0.5) is 13.2 Å². The summed E-state index contributed by atoms with van der Waals surface area (Å²) in [5, 5.41) is 0. The van der Waals surface area contributed by atoms with Crippen LogP contribution in [0, 0.1) is 17.5 Å². The summed E-state index contributed by atoms with van der Waals surface area (Å²) < 4.78 is 40.5. The van der Waals surface area contributed by atoms with E-state index >= 15 is 0 Å². The van der Waals surface area contributed by atoms with Gasteiger partial charge in [-0.25, -0.2) is 13.2 Å². The molecule has 1 aromatic carbocycles. The number of carbonyl (C=O) groups excluding carboxylic acids is 1. The first kappa shape index (κ1) is 15.8. The molecule has 3 nitrogen and oxygen atoms in total. The van der Waals surface area contributed by atoms with Crippen molar-refractivity contribution in [3.63, 3.8) is 0 Å². The second-order valence-corrected chi connectivity index (χ2v) is 5.32. The van der Waals surface area contributed by atoms with Crippen molar-refractivity contribution in [3.8, 4) is 0 Å². The van der Waals surface area contributed by atoms with Gasteiger partial charge in [-0.05, 0) is 12.8 Å². The molecule has 0 bridgehead atoms. The van der Waals surface area contributed by atoms with Crippen molar-refractivity contribution in [2.24, 2.45) is 5.73 Å². The van der Waals surface area contributed by atoms with E-state index in [1.165, 1.54) is 4.90 Å². The van der Waals surface area contributed by atoms with Crippen LogP contribution in [0.25, 0.3) is 0 Å². The van der Waals surface area contributed by atoms with E-state index in [4.69, 9.17) is 5.73 Å². The van der Waals surface area contributed by atoms with Gasteiger partial charge < -0.3 is 10.6 Å². The molecule has 0 aromatic heterocycles. The van der Waals surface area contributed by atoms with Crippen LogP contribution >= 0.6 is 0 Å². The van der Waals surface area contributed by atoms with Crippen molar-refractivity contribution in [1.29, 1.82) is 0 Å². The van der Waals surface area contributed by atoms with E-state index in [0.29, 0.717) is 12.1 Å². The minimum absolute atomic E-state index is 0.0568. The summed E-state index contributed by atoms with van der Waals surface area (Å²) in [6.07, 6.45) is 4.66. The number of rotatable bonds is 4. The molecule has 116 valence electrons. The van der Waals surface area contributed by atoms with E-state index < -0.39 is 28.9 Å². The van der Waals surface area contributed by atoms with E-state index in [0.717, 1.165) is 32.1 Å². The smallest absolute Gasteiger partial charge is 0.260 e. The molecule has 1 saturated carbocycles. The standard InChI is InChI=1S/C15H19F3N2O/c16-10-8-12(17)14(13(18)9-10)15(21)20(7-6-19)11-4-2-1-3-5-11/h8-9,11H,1-7,19H2. The second-order valence-electron chi connectivity index (χ2n) is 5.32. The molecule has 0 unspecified atom stereocenters. The average Bonchev–Trinajstić information content (AvgIpc) is 2.44. The molecule has 1 fully saturated rings. The Morgan fingerprint density at radius 1 is 1.14 bits per heavy atom. The zero-order valence-corrected chi connectivity index (χ0v) is 11.7. The lowest BCUT2D eigenvalue weighted by Gasteiger charge is -2.34. The summed E-state index contributed by atoms with van der Waals surface area (Å²) in [6, 6.07) is 0.994. The Kier molecular flexibility index (Phi) is 5.22. The summed E-state index contributed by atoms with van der Waals surface area (Å²) >= 11 is 0. The van der Waals surface area contributed by atoms with Crippen LogP contribution in [0.3, 0.4) is 0 Å². The Morgan fingerprint density at radius 3 is 2.24 bits per heavy atom. The van der Waals surface area contributed by atoms with Crippen molar-refractivity contribution in [2.75, 3.05) is 13.1 Å². The highest BCUT2D eigenvalue weighted by atomic mass is 19.1. The van der Waals surface area contributed by atoms with Gasteiger partial charge in [-0.3, -0.25) is 4.79 Å². The van der Waals surface area contributed by atoms with Gasteiger partial charge in [-0.1, -0.05) is 19.3 Å². The second kappa shape index (κ2) is 6.93. The number of amides is 1. The van der Waals surface area contributed by atoms with Gasteiger partial charge in [0.1, 0.15) is 23.0 Å². The molecule has 1 amide bonds. The fourth-order valence-corrected chi connectivity index (χ4v) is 2.87. The van der Waals surface area contributed by atoms with Crippen LogP contribution in [0.5, 0.6) is 0 Å². The summed E-state index contributed by atoms with van der Waals surface area (Å²) in [4.78, 5) is 13.9. The molecule has 6 heteroatoms. The van der Waals surface area contributed by atoms with Crippen molar-refractivity contribution < 1.29 is 18.0 Å². The average molecular weight is 300 g/mol. The number of nitrogens with zero attached hydrogens (tertiary/aromatic N) is 1. The molecular weight excluding hydrogens is 281 g/mol. The summed E-state index contributed by atoms with van der Waals surface area (Å²) in [5.41, 5.74) is 4.81. The van der Waals surface area contributed by atoms with Crippen LogP contribution in [-0.2, 0) is 0 Å². The van der Waals surface area contributed by atoms with Crippen LogP contribution in [-0.4, -0.2) is 29.9 Å². The van der Waals surface area contributed by atoms with Crippen LogP contribution in [0.15, 0.2) is 12.1 Å². The molecular formula is C15H19F3N2O. The number of hydrogen-bond acceptors (Lipinski definition) is 2. The minimum atomic E-state index is -1.17. The Hall–Kier alpha value is -1.56. The Bertz CT molecular complexity index is 493. The maximum Gasteiger partial charge on any atom is 0.260 e. The van der Waals surface area contributed by atoms with E-state index in [1.807, 2.05) is 0 Å². The van der Waals surface area contributed by atoms with Gasteiger partial charge in [-0.15, -0.1) is 0 Å². The molecule has 1 aliphatic carbocycles. The van der Waals surface area contributed by atoms with Gasteiger partial charge in [0.15, 0.2) is 0 Å². The zero-order chi connectivity index (χ0) is 15.4. The van der Waals surface area contributed by atoms with Crippen LogP contribution in [0.1, 0.15) is 42.5 Å². The topological polar surface area (TPSA) is 46.3 Å². The molecule has 0 radical (unpaired) electrons. The first-order valence-corrected chi connectivity index (χ1v) is 7.20. The largest absolute Gasteiger partial charge is 0.334 e. The van der Waals surface area contributed by atoms with Gasteiger partial charge in [-0.2, -0.15) is 0 Å². The monoisotopic (exact) mass is 300 g/mol. The molecule has 0 atom stereocenters. The SMILES string of the molecule is NCCN(C(=O)c1c(F)cc(F)cc1F)C1CCCCC1. The number of carbonyl (C=O) groups is 1. The number of benzene rings is 1. The van der Waals surface area contributed by atoms with Gasteiger partial charge in [0.2, 0.25) is 0 Å². The molecule has 1 aliphatic rings. The molecule has 0 heterocycles. The molecule has 1 aromatic rings. The van der Waals surface area contributed by atoms with Crippen LogP contribution < -0.4 is 5.73 Å². The van der Waals surface area contributed by atoms with Gasteiger partial charge in [0.05, 0.1) is 0 Å². The van der Waals surface area contributed by atoms with Gasteiger partial charge in [0, 0.05) is 31.3 Å². The fourth-order valence-electron chi connectivity index (χ4n) is 2.87. The third-order valence-electron chi connectivity index (χ3n) is 3.87. The normalized spacial score (nSPS) is 16.0. The predicted molar refractivity (Wildman–Crippen MR) is 73.3 cm³/mol. The van der Waals surface area contributed by atoms with E-state index in [1.54, 1.807) is 0 Å². The van der Waals surface area contributed by atoms with Gasteiger partial charge in [0.25, 0.3) is 5.91 Å². The van der Waals surface area contributed by atoms with E-state index in [-0.39, 0.29) is 19.1 Å². The Balaban J connectivity index is 2.29. The van der Waals surface area contributed by atoms with Gasteiger partial charge >= 0.3 is 0 Å². The maximum atomic E-state index is 13.8. The highest BCUT2D eigenvalue weighted by molar-refractivity contribution is 5.95. The molecule has 0 aliphatic heterocycles. The molecule has 0 spiro atoms. The maximum absolute atomic E-state index is 13.8. The summed E-state index contributed by atoms with van der Waals surface area (Å²) in [5.74, 6) is -4.13. The third-order valence-corrected chi connectivity index (χ3v) is 3.87. The van der Waals surface area contributed by atoms with Crippen molar-refractivity contribution in [3.05, 3.63) is 35.1 Å². The van der Waals surface area contributed by atoms with Crippen molar-refractivity contribution in [1.82, 2.24) is 4.90 Å². The van der Waals surface area contributed by atoms with Crippen LogP contribution in [0.2, 0.25) is 0 Å². The highest BCUT2D eigenvalue weighted by Gasteiger charge is 2.29. The number of halogens is 3. The minimum Gasteiger partial charge on any atom is -0.334 e. The summed E-state index contributed by atoms with van der Waals surface area (Å²) in [6.45, 7) is 0.451. The first-order valence-electron chi connectivity index (χ1n) is 7.20. The lowest BCUT2D eigenvalue weighted by Crippen LogP contribution is -2.44. The Labute approximate surface area is 121 Å². The molecule has 21 heavy (non-hydrogen) atoms. The molecule has 2 N–H and O–H groups in total. The van der Waals surface area contributed by atoms with E-state index in [9.17, 15) is 18.0 Å². The number of nitrogens with two attached hydrogens (primary N) is 1. The lowest BCUT2D eigenvalue weighted by molar-refractivity contribution is 0.0631. The van der Waals surface area contributed by atoms with Crippen molar-refractivity contribution >= 4 is 5.91 Å². The summed E-state index contributed by atoms with van der Waals surface area (Å²) in [7, 11) is 0. The predicted octanol–water partition coefficient (Wildman–Crippen LogP) is 2.84. The third kappa shape index (κ3) is 3.56.